The molecule has 1 unspecified atom stereocenters. The van der Waals surface area contributed by atoms with E-state index < -0.39 is 41.4 Å². The van der Waals surface area contributed by atoms with Crippen molar-refractivity contribution < 1.29 is 43.2 Å². The number of rotatable bonds is 12. The third-order valence-electron chi connectivity index (χ3n) is 5.19. The van der Waals surface area contributed by atoms with Gasteiger partial charge in [0.1, 0.15) is 42.8 Å². The molecule has 2 N–H and O–H groups in total. The highest BCUT2D eigenvalue weighted by atomic mass is 16.6. The van der Waals surface area contributed by atoms with E-state index in [2.05, 4.69) is 5.32 Å². The first-order valence-corrected chi connectivity index (χ1v) is 13.2. The number of benzene rings is 2. The Morgan fingerprint density at radius 2 is 1.46 bits per heavy atom. The van der Waals surface area contributed by atoms with Crippen LogP contribution in [0.3, 0.4) is 0 Å². The maximum atomic E-state index is 12.6. The van der Waals surface area contributed by atoms with Gasteiger partial charge in [0.2, 0.25) is 0 Å². The minimum absolute atomic E-state index is 0.0220. The van der Waals surface area contributed by atoms with Crippen LogP contribution in [0.5, 0.6) is 5.75 Å². The molecule has 224 valence electrons. The van der Waals surface area contributed by atoms with Crippen LogP contribution in [0.1, 0.15) is 52.7 Å². The zero-order valence-corrected chi connectivity index (χ0v) is 24.5. The molecular weight excluding hydrogens is 532 g/mol. The van der Waals surface area contributed by atoms with Crippen molar-refractivity contribution in [2.75, 3.05) is 19.7 Å². The number of ether oxygens (including phenoxy) is 4. The molecule has 0 aliphatic heterocycles. The number of alkyl carbamates (subject to hydrolysis) is 1. The number of aliphatic carboxylic acids is 1. The highest BCUT2D eigenvalue weighted by Gasteiger charge is 2.26. The lowest BCUT2D eigenvalue weighted by Crippen LogP contribution is -2.43. The Bertz CT molecular complexity index is 1150. The lowest BCUT2D eigenvalue weighted by Gasteiger charge is -2.28. The van der Waals surface area contributed by atoms with Gasteiger partial charge in [-0.05, 0) is 64.8 Å². The second-order valence-electron chi connectivity index (χ2n) is 11.3. The zero-order valence-electron chi connectivity index (χ0n) is 24.5. The van der Waals surface area contributed by atoms with Gasteiger partial charge in [-0.15, -0.1) is 0 Å². The van der Waals surface area contributed by atoms with Gasteiger partial charge in [-0.1, -0.05) is 42.5 Å². The summed E-state index contributed by atoms with van der Waals surface area (Å²) in [5.74, 6) is -1.30. The van der Waals surface area contributed by atoms with Gasteiger partial charge in [-0.2, -0.15) is 0 Å². The molecule has 0 fully saturated rings. The first-order valence-electron chi connectivity index (χ1n) is 13.2. The number of nitrogens with zero attached hydrogens (tertiary/aromatic N) is 1. The van der Waals surface area contributed by atoms with Crippen LogP contribution in [-0.4, -0.2) is 71.1 Å². The molecule has 0 bridgehead atoms. The molecule has 0 saturated carbocycles. The molecule has 0 saturated heterocycles. The van der Waals surface area contributed by atoms with Crippen LogP contribution in [0, 0.1) is 0 Å². The Morgan fingerprint density at radius 1 is 0.854 bits per heavy atom. The quantitative estimate of drug-likeness (QED) is 0.276. The van der Waals surface area contributed by atoms with E-state index >= 15 is 0 Å². The highest BCUT2D eigenvalue weighted by Crippen LogP contribution is 2.15. The number of carboxylic acids is 1. The third kappa shape index (κ3) is 13.6. The molecule has 1 atom stereocenters. The van der Waals surface area contributed by atoms with Crippen molar-refractivity contribution in [3.63, 3.8) is 0 Å². The zero-order chi connectivity index (χ0) is 30.6. The molecule has 11 heteroatoms. The highest BCUT2D eigenvalue weighted by molar-refractivity contribution is 5.80. The average molecular weight is 573 g/mol. The van der Waals surface area contributed by atoms with Crippen molar-refractivity contribution in [2.45, 2.75) is 71.8 Å². The summed E-state index contributed by atoms with van der Waals surface area (Å²) in [4.78, 5) is 50.0. The van der Waals surface area contributed by atoms with Gasteiger partial charge >= 0.3 is 24.1 Å². The molecule has 0 aliphatic carbocycles. The Kier molecular flexibility index (Phi) is 12.0. The minimum atomic E-state index is -1.20. The number of carbonyl (C=O) groups excluding carboxylic acids is 3. The Balaban J connectivity index is 1.91. The monoisotopic (exact) mass is 572 g/mol. The summed E-state index contributed by atoms with van der Waals surface area (Å²) in [5, 5.41) is 11.9. The Morgan fingerprint density at radius 3 is 2.02 bits per heavy atom. The van der Waals surface area contributed by atoms with Crippen LogP contribution in [0.15, 0.2) is 54.6 Å². The largest absolute Gasteiger partial charge is 0.492 e. The number of carbonyl (C=O) groups is 4. The van der Waals surface area contributed by atoms with E-state index in [1.807, 2.05) is 18.2 Å². The second-order valence-corrected chi connectivity index (χ2v) is 11.3. The van der Waals surface area contributed by atoms with E-state index in [1.54, 1.807) is 77.9 Å². The minimum Gasteiger partial charge on any atom is -0.492 e. The summed E-state index contributed by atoms with van der Waals surface area (Å²) in [6, 6.07) is 14.5. The summed E-state index contributed by atoms with van der Waals surface area (Å²) in [6.07, 6.45) is -1.47. The Labute approximate surface area is 240 Å². The molecule has 0 radical (unpaired) electrons. The van der Waals surface area contributed by atoms with Gasteiger partial charge in [0.05, 0.1) is 6.54 Å². The molecule has 2 amide bonds. The predicted octanol–water partition coefficient (Wildman–Crippen LogP) is 4.57. The number of hydrogen-bond acceptors (Lipinski definition) is 8. The number of nitrogens with one attached hydrogen (secondary N) is 1. The first kappa shape index (κ1) is 32.9. The molecule has 2 aromatic carbocycles. The predicted molar refractivity (Wildman–Crippen MR) is 150 cm³/mol. The number of esters is 1. The first-order chi connectivity index (χ1) is 19.1. The van der Waals surface area contributed by atoms with Gasteiger partial charge in [0.15, 0.2) is 0 Å². The van der Waals surface area contributed by atoms with Crippen LogP contribution in [-0.2, 0) is 36.8 Å². The van der Waals surface area contributed by atoms with Crippen LogP contribution in [0.25, 0.3) is 0 Å². The van der Waals surface area contributed by atoms with Crippen molar-refractivity contribution in [2.24, 2.45) is 0 Å². The smallest absolute Gasteiger partial charge is 0.410 e. The van der Waals surface area contributed by atoms with E-state index in [9.17, 15) is 24.3 Å². The number of hydrogen-bond donors (Lipinski definition) is 2. The van der Waals surface area contributed by atoms with Gasteiger partial charge in [-0.3, -0.25) is 9.69 Å². The van der Waals surface area contributed by atoms with Gasteiger partial charge < -0.3 is 29.4 Å². The Hall–Kier alpha value is -4.28. The topological polar surface area (TPSA) is 141 Å². The summed E-state index contributed by atoms with van der Waals surface area (Å²) < 4.78 is 21.6. The number of carboxylic acid groups (broad SMARTS) is 1. The van der Waals surface area contributed by atoms with E-state index in [0.29, 0.717) is 11.3 Å². The molecule has 41 heavy (non-hydrogen) atoms. The summed E-state index contributed by atoms with van der Waals surface area (Å²) in [5.41, 5.74) is -0.0223. The lowest BCUT2D eigenvalue weighted by molar-refractivity contribution is -0.156. The fraction of sp³-hybridized carbons (Fsp3) is 0.467. The van der Waals surface area contributed by atoms with E-state index in [0.717, 1.165) is 5.56 Å². The molecule has 0 heterocycles. The summed E-state index contributed by atoms with van der Waals surface area (Å²) in [6.45, 7) is 10.2. The maximum Gasteiger partial charge on any atom is 0.410 e. The van der Waals surface area contributed by atoms with Crippen LogP contribution in [0.4, 0.5) is 9.59 Å². The SMILES string of the molecule is CC(C)(C)OC(=O)CN(CCOc1ccc(CC(NC(=O)OCc2ccccc2)C(=O)O)cc1)C(=O)OC(C)(C)C. The van der Waals surface area contributed by atoms with Crippen LogP contribution < -0.4 is 10.1 Å². The van der Waals surface area contributed by atoms with Gasteiger partial charge in [0.25, 0.3) is 0 Å². The maximum absolute atomic E-state index is 12.6. The molecule has 11 nitrogen and oxygen atoms in total. The van der Waals surface area contributed by atoms with Gasteiger partial charge in [0, 0.05) is 6.42 Å². The fourth-order valence-corrected chi connectivity index (χ4v) is 3.43. The van der Waals surface area contributed by atoms with E-state index in [4.69, 9.17) is 18.9 Å². The van der Waals surface area contributed by atoms with Crippen LogP contribution in [0.2, 0.25) is 0 Å². The molecule has 0 aromatic heterocycles. The van der Waals surface area contributed by atoms with Crippen molar-refractivity contribution in [3.8, 4) is 5.75 Å². The summed E-state index contributed by atoms with van der Waals surface area (Å²) in [7, 11) is 0. The second kappa shape index (κ2) is 14.9. The molecule has 2 rings (SSSR count). The van der Waals surface area contributed by atoms with Crippen molar-refractivity contribution in [3.05, 3.63) is 65.7 Å². The molecule has 0 aliphatic rings. The summed E-state index contributed by atoms with van der Waals surface area (Å²) >= 11 is 0. The van der Waals surface area contributed by atoms with Crippen molar-refractivity contribution >= 4 is 24.1 Å². The lowest BCUT2D eigenvalue weighted by atomic mass is 10.1. The van der Waals surface area contributed by atoms with Crippen molar-refractivity contribution in [1.29, 1.82) is 0 Å². The molecule has 2 aromatic rings. The average Bonchev–Trinajstić information content (AvgIpc) is 2.86. The van der Waals surface area contributed by atoms with Crippen molar-refractivity contribution in [1.82, 2.24) is 10.2 Å². The van der Waals surface area contributed by atoms with Crippen LogP contribution >= 0.6 is 0 Å². The molecule has 0 spiro atoms. The number of amides is 2. The standard InChI is InChI=1S/C30H40N2O9/c1-29(2,3)40-25(33)19-32(28(37)41-30(4,5)6)16-17-38-23-14-12-21(13-15-23)18-24(26(34)35)31-27(36)39-20-22-10-8-7-9-11-22/h7-15,24H,16-20H2,1-6H3,(H,31,36)(H,34,35). The molecular formula is C30H40N2O9. The normalized spacial score (nSPS) is 12.0. The fourth-order valence-electron chi connectivity index (χ4n) is 3.43. The van der Waals surface area contributed by atoms with E-state index in [-0.39, 0.29) is 32.7 Å². The van der Waals surface area contributed by atoms with Gasteiger partial charge in [-0.25, -0.2) is 14.4 Å². The van der Waals surface area contributed by atoms with E-state index in [1.165, 1.54) is 4.90 Å². The third-order valence-corrected chi connectivity index (χ3v) is 5.19.